The average Bonchev–Trinajstić information content (AvgIpc) is 3.12. The van der Waals surface area contributed by atoms with Crippen LogP contribution in [0.5, 0.6) is 5.75 Å². The van der Waals surface area contributed by atoms with Crippen LogP contribution in [0.1, 0.15) is 38.5 Å². The summed E-state index contributed by atoms with van der Waals surface area (Å²) in [6, 6.07) is 55.5. The van der Waals surface area contributed by atoms with E-state index in [0.717, 1.165) is 62.7 Å². The Labute approximate surface area is 264 Å². The smallest absolute Gasteiger partial charge is 0.150 e. The highest BCUT2D eigenvalue weighted by Crippen LogP contribution is 2.41. The number of carbonyl (C=O) groups excluding carboxylic acids is 1. The summed E-state index contributed by atoms with van der Waals surface area (Å²) in [5, 5.41) is 0. The first-order valence-corrected chi connectivity index (χ1v) is 15.1. The quantitative estimate of drug-likeness (QED) is 0.168. The van der Waals surface area contributed by atoms with Gasteiger partial charge in [0.05, 0.1) is 0 Å². The van der Waals surface area contributed by atoms with E-state index in [2.05, 4.69) is 108 Å². The van der Waals surface area contributed by atoms with Gasteiger partial charge in [0.1, 0.15) is 17.8 Å². The Hall–Kier alpha value is -5.93. The molecule has 6 aromatic carbocycles. The highest BCUT2D eigenvalue weighted by Gasteiger charge is 2.22. The molecule has 3 heteroatoms. The van der Waals surface area contributed by atoms with Crippen LogP contribution in [-0.2, 0) is 0 Å². The van der Waals surface area contributed by atoms with E-state index in [1.165, 1.54) is 0 Å². The summed E-state index contributed by atoms with van der Waals surface area (Å²) in [6.07, 6.45) is 5.31. The Kier molecular flexibility index (Phi) is 7.89. The molecule has 1 aliphatic rings. The zero-order valence-corrected chi connectivity index (χ0v) is 24.7. The van der Waals surface area contributed by atoms with Gasteiger partial charge in [0, 0.05) is 39.7 Å². The van der Waals surface area contributed by atoms with Gasteiger partial charge < -0.3 is 9.64 Å². The standard InChI is InChI=1S/C42H31NO2/c44-30-33-16-10-11-21-38(33)40(31-14-4-1-5-15-31)28-34-29-42(45-41-23-13-12-22-39(34)41)32-24-26-37(27-25-32)43(35-17-6-2-7-18-35)36-19-8-3-9-20-36/h1-30,40H/b34-28+. The number of ether oxygens (including phenoxy) is 1. The molecular weight excluding hydrogens is 550 g/mol. The minimum atomic E-state index is -0.126. The van der Waals surface area contributed by atoms with Crippen molar-refractivity contribution in [1.29, 1.82) is 0 Å². The molecule has 45 heavy (non-hydrogen) atoms. The predicted molar refractivity (Wildman–Crippen MR) is 184 cm³/mol. The summed E-state index contributed by atoms with van der Waals surface area (Å²) in [6.45, 7) is 0. The molecule has 1 aliphatic heterocycles. The maximum Gasteiger partial charge on any atom is 0.150 e. The third-order valence-electron chi connectivity index (χ3n) is 8.11. The molecule has 1 atom stereocenters. The number of carbonyl (C=O) groups is 1. The van der Waals surface area contributed by atoms with Gasteiger partial charge in [0.15, 0.2) is 0 Å². The first-order chi connectivity index (χ1) is 22.3. The van der Waals surface area contributed by atoms with Gasteiger partial charge in [-0.1, -0.05) is 115 Å². The number of aldehydes is 1. The average molecular weight is 582 g/mol. The monoisotopic (exact) mass is 581 g/mol. The maximum absolute atomic E-state index is 12.1. The molecule has 0 aromatic heterocycles. The van der Waals surface area contributed by atoms with Crippen molar-refractivity contribution in [2.24, 2.45) is 0 Å². The van der Waals surface area contributed by atoms with E-state index >= 15 is 0 Å². The Morgan fingerprint density at radius 2 is 1.11 bits per heavy atom. The van der Waals surface area contributed by atoms with Gasteiger partial charge in [0.25, 0.3) is 0 Å². The van der Waals surface area contributed by atoms with E-state index in [1.807, 2.05) is 72.8 Å². The molecule has 0 bridgehead atoms. The highest BCUT2D eigenvalue weighted by molar-refractivity contribution is 5.89. The van der Waals surface area contributed by atoms with Crippen molar-refractivity contribution in [2.75, 3.05) is 4.90 Å². The summed E-state index contributed by atoms with van der Waals surface area (Å²) in [5.41, 5.74) is 9.04. The van der Waals surface area contributed by atoms with Crippen LogP contribution < -0.4 is 9.64 Å². The van der Waals surface area contributed by atoms with Crippen LogP contribution in [0.25, 0.3) is 11.3 Å². The van der Waals surface area contributed by atoms with Gasteiger partial charge in [0.2, 0.25) is 0 Å². The summed E-state index contributed by atoms with van der Waals surface area (Å²) >= 11 is 0. The molecule has 0 saturated heterocycles. The van der Waals surface area contributed by atoms with Crippen molar-refractivity contribution in [3.63, 3.8) is 0 Å². The van der Waals surface area contributed by atoms with Crippen molar-refractivity contribution in [1.82, 2.24) is 0 Å². The lowest BCUT2D eigenvalue weighted by atomic mass is 9.85. The molecule has 0 amide bonds. The van der Waals surface area contributed by atoms with E-state index in [1.54, 1.807) is 0 Å². The molecule has 7 rings (SSSR count). The third-order valence-corrected chi connectivity index (χ3v) is 8.11. The number of fused-ring (bicyclic) bond motifs is 1. The Bertz CT molecular complexity index is 1940. The van der Waals surface area contributed by atoms with E-state index in [-0.39, 0.29) is 5.92 Å². The van der Waals surface area contributed by atoms with Crippen LogP contribution in [0.3, 0.4) is 0 Å². The second-order valence-corrected chi connectivity index (χ2v) is 10.9. The van der Waals surface area contributed by atoms with Gasteiger partial charge >= 0.3 is 0 Å². The molecule has 1 heterocycles. The third kappa shape index (κ3) is 5.84. The minimum absolute atomic E-state index is 0.126. The number of nitrogens with zero attached hydrogens (tertiary/aromatic N) is 1. The second-order valence-electron chi connectivity index (χ2n) is 10.9. The molecule has 6 aromatic rings. The molecule has 216 valence electrons. The van der Waals surface area contributed by atoms with Crippen molar-refractivity contribution < 1.29 is 9.53 Å². The number of hydrogen-bond donors (Lipinski definition) is 0. The number of rotatable bonds is 8. The first-order valence-electron chi connectivity index (χ1n) is 15.1. The summed E-state index contributed by atoms with van der Waals surface area (Å²) in [4.78, 5) is 14.3. The molecule has 1 unspecified atom stereocenters. The first kappa shape index (κ1) is 27.9. The van der Waals surface area contributed by atoms with Gasteiger partial charge in [-0.15, -0.1) is 0 Å². The number of anilines is 3. The van der Waals surface area contributed by atoms with Gasteiger partial charge in [-0.2, -0.15) is 0 Å². The van der Waals surface area contributed by atoms with Crippen LogP contribution in [0.15, 0.2) is 176 Å². The van der Waals surface area contributed by atoms with Crippen LogP contribution in [0.4, 0.5) is 17.1 Å². The summed E-state index contributed by atoms with van der Waals surface area (Å²) in [5.74, 6) is 1.45. The minimum Gasteiger partial charge on any atom is -0.456 e. The fourth-order valence-electron chi connectivity index (χ4n) is 5.92. The van der Waals surface area contributed by atoms with Crippen molar-refractivity contribution >= 4 is 34.7 Å². The number of benzene rings is 6. The lowest BCUT2D eigenvalue weighted by Crippen LogP contribution is -2.10. The topological polar surface area (TPSA) is 29.5 Å². The SMILES string of the molecule is O=Cc1ccccc1C(/C=C1\C=C(c2ccc(N(c3ccccc3)c3ccccc3)cc2)Oc2ccccc21)c1ccccc1. The molecule has 0 fully saturated rings. The van der Waals surface area contributed by atoms with E-state index in [0.29, 0.717) is 5.56 Å². The Morgan fingerprint density at radius 3 is 1.78 bits per heavy atom. The Morgan fingerprint density at radius 1 is 0.556 bits per heavy atom. The van der Waals surface area contributed by atoms with Crippen molar-refractivity contribution in [3.05, 3.63) is 204 Å². The molecule has 0 spiro atoms. The molecule has 3 nitrogen and oxygen atoms in total. The lowest BCUT2D eigenvalue weighted by molar-refractivity contribution is 0.112. The molecule has 0 N–H and O–H groups in total. The summed E-state index contributed by atoms with van der Waals surface area (Å²) in [7, 11) is 0. The van der Waals surface area contributed by atoms with Gasteiger partial charge in [-0.05, 0) is 77.4 Å². The highest BCUT2D eigenvalue weighted by atomic mass is 16.5. The van der Waals surface area contributed by atoms with E-state index in [4.69, 9.17) is 4.74 Å². The second kappa shape index (κ2) is 12.7. The van der Waals surface area contributed by atoms with Crippen LogP contribution >= 0.6 is 0 Å². The molecular formula is C42H31NO2. The number of para-hydroxylation sites is 3. The summed E-state index contributed by atoms with van der Waals surface area (Å²) < 4.78 is 6.51. The van der Waals surface area contributed by atoms with Crippen LogP contribution in [0, 0.1) is 0 Å². The van der Waals surface area contributed by atoms with Crippen molar-refractivity contribution in [2.45, 2.75) is 5.92 Å². The van der Waals surface area contributed by atoms with Crippen LogP contribution in [-0.4, -0.2) is 6.29 Å². The van der Waals surface area contributed by atoms with E-state index in [9.17, 15) is 4.79 Å². The van der Waals surface area contributed by atoms with E-state index < -0.39 is 0 Å². The fourth-order valence-corrected chi connectivity index (χ4v) is 5.92. The molecule has 0 radical (unpaired) electrons. The van der Waals surface area contributed by atoms with Crippen LogP contribution in [0.2, 0.25) is 0 Å². The zero-order chi connectivity index (χ0) is 30.4. The lowest BCUT2D eigenvalue weighted by Gasteiger charge is -2.26. The fraction of sp³-hybridized carbons (Fsp3) is 0.0238. The Balaban J connectivity index is 1.31. The molecule has 0 saturated carbocycles. The molecule has 0 aliphatic carbocycles. The normalized spacial score (nSPS) is 13.7. The predicted octanol–water partition coefficient (Wildman–Crippen LogP) is 10.6. The largest absolute Gasteiger partial charge is 0.456 e. The van der Waals surface area contributed by atoms with Crippen molar-refractivity contribution in [3.8, 4) is 5.75 Å². The number of allylic oxidation sites excluding steroid dienone is 3. The maximum atomic E-state index is 12.1. The number of hydrogen-bond acceptors (Lipinski definition) is 3. The van der Waals surface area contributed by atoms with Gasteiger partial charge in [-0.25, -0.2) is 0 Å². The zero-order valence-electron chi connectivity index (χ0n) is 24.7. The van der Waals surface area contributed by atoms with Gasteiger partial charge in [-0.3, -0.25) is 4.79 Å².